The molecular formula is C16H14N2O4. The van der Waals surface area contributed by atoms with Gasteiger partial charge >= 0.3 is 0 Å². The van der Waals surface area contributed by atoms with Gasteiger partial charge in [0.15, 0.2) is 0 Å². The molecule has 0 radical (unpaired) electrons. The SMILES string of the molecule is CN(Cc1ccccc1)C(=O)C(=O)c1ccc([N+](=O)[O-])cc1. The maximum absolute atomic E-state index is 12.1. The van der Waals surface area contributed by atoms with E-state index in [-0.39, 0.29) is 11.3 Å². The fourth-order valence-corrected chi connectivity index (χ4v) is 1.96. The summed E-state index contributed by atoms with van der Waals surface area (Å²) in [5, 5.41) is 10.6. The summed E-state index contributed by atoms with van der Waals surface area (Å²) in [6, 6.07) is 14.3. The highest BCUT2D eigenvalue weighted by Gasteiger charge is 2.21. The van der Waals surface area contributed by atoms with Crippen LogP contribution in [0.1, 0.15) is 15.9 Å². The number of nitrogens with zero attached hydrogens (tertiary/aromatic N) is 2. The summed E-state index contributed by atoms with van der Waals surface area (Å²) in [6.07, 6.45) is 0. The average molecular weight is 298 g/mol. The zero-order valence-corrected chi connectivity index (χ0v) is 11.9. The quantitative estimate of drug-likeness (QED) is 0.367. The number of Topliss-reactive ketones (excluding diaryl/α,β-unsaturated/α-hetero) is 1. The van der Waals surface area contributed by atoms with Gasteiger partial charge in [-0.15, -0.1) is 0 Å². The third kappa shape index (κ3) is 3.54. The summed E-state index contributed by atoms with van der Waals surface area (Å²) in [4.78, 5) is 35.5. The zero-order valence-electron chi connectivity index (χ0n) is 11.9. The molecule has 0 aliphatic carbocycles. The van der Waals surface area contributed by atoms with Crippen molar-refractivity contribution in [2.75, 3.05) is 7.05 Å². The van der Waals surface area contributed by atoms with Gasteiger partial charge in [-0.2, -0.15) is 0 Å². The molecule has 6 nitrogen and oxygen atoms in total. The first-order chi connectivity index (χ1) is 10.5. The maximum Gasteiger partial charge on any atom is 0.294 e. The van der Waals surface area contributed by atoms with Gasteiger partial charge in [0.05, 0.1) is 4.92 Å². The predicted molar refractivity (Wildman–Crippen MR) is 80.3 cm³/mol. The van der Waals surface area contributed by atoms with Gasteiger partial charge in [0.25, 0.3) is 11.6 Å². The Labute approximate surface area is 127 Å². The monoisotopic (exact) mass is 298 g/mol. The number of benzene rings is 2. The minimum Gasteiger partial charge on any atom is -0.335 e. The number of carbonyl (C=O) groups excluding carboxylic acids is 2. The van der Waals surface area contributed by atoms with Gasteiger partial charge in [-0.25, -0.2) is 0 Å². The number of rotatable bonds is 5. The molecule has 2 rings (SSSR count). The minimum atomic E-state index is -0.687. The van der Waals surface area contributed by atoms with Crippen molar-refractivity contribution >= 4 is 17.4 Å². The second-order valence-electron chi connectivity index (χ2n) is 4.78. The molecule has 6 heteroatoms. The molecular weight excluding hydrogens is 284 g/mol. The van der Waals surface area contributed by atoms with E-state index in [1.807, 2.05) is 30.3 Å². The van der Waals surface area contributed by atoms with Crippen LogP contribution in [0.4, 0.5) is 5.69 Å². The van der Waals surface area contributed by atoms with E-state index in [0.29, 0.717) is 6.54 Å². The van der Waals surface area contributed by atoms with Gasteiger partial charge in [-0.05, 0) is 17.7 Å². The van der Waals surface area contributed by atoms with Crippen LogP contribution in [-0.4, -0.2) is 28.6 Å². The van der Waals surface area contributed by atoms with Crippen LogP contribution in [0.15, 0.2) is 54.6 Å². The van der Waals surface area contributed by atoms with Gasteiger partial charge in [0, 0.05) is 31.3 Å². The third-order valence-corrected chi connectivity index (χ3v) is 3.14. The number of nitro groups is 1. The van der Waals surface area contributed by atoms with Crippen LogP contribution in [0.2, 0.25) is 0 Å². The summed E-state index contributed by atoms with van der Waals surface area (Å²) in [5.41, 5.74) is 0.923. The van der Waals surface area contributed by atoms with Gasteiger partial charge in [-0.1, -0.05) is 30.3 Å². The standard InChI is InChI=1S/C16H14N2O4/c1-17(11-12-5-3-2-4-6-12)16(20)15(19)13-7-9-14(10-8-13)18(21)22/h2-10H,11H2,1H3. The molecule has 0 saturated carbocycles. The molecule has 0 saturated heterocycles. The Kier molecular flexibility index (Phi) is 4.63. The van der Waals surface area contributed by atoms with Crippen LogP contribution in [0, 0.1) is 10.1 Å². The second kappa shape index (κ2) is 6.62. The first-order valence-corrected chi connectivity index (χ1v) is 6.57. The highest BCUT2D eigenvalue weighted by molar-refractivity contribution is 6.42. The second-order valence-corrected chi connectivity index (χ2v) is 4.78. The normalized spacial score (nSPS) is 10.0. The highest BCUT2D eigenvalue weighted by atomic mass is 16.6. The molecule has 1 amide bonds. The van der Waals surface area contributed by atoms with Crippen LogP contribution in [0.5, 0.6) is 0 Å². The maximum atomic E-state index is 12.1. The number of hydrogen-bond donors (Lipinski definition) is 0. The Bertz CT molecular complexity index is 696. The average Bonchev–Trinajstić information content (AvgIpc) is 2.54. The van der Waals surface area contributed by atoms with Gasteiger partial charge in [0.2, 0.25) is 5.78 Å². The third-order valence-electron chi connectivity index (χ3n) is 3.14. The molecule has 0 spiro atoms. The zero-order chi connectivity index (χ0) is 16.1. The number of hydrogen-bond acceptors (Lipinski definition) is 4. The van der Waals surface area contributed by atoms with Crippen molar-refractivity contribution in [2.24, 2.45) is 0 Å². The molecule has 0 N–H and O–H groups in total. The first-order valence-electron chi connectivity index (χ1n) is 6.57. The van der Waals surface area contributed by atoms with E-state index in [1.165, 1.54) is 29.2 Å². The molecule has 112 valence electrons. The molecule has 2 aromatic carbocycles. The fraction of sp³-hybridized carbons (Fsp3) is 0.125. The Hall–Kier alpha value is -3.02. The van der Waals surface area contributed by atoms with Crippen LogP contribution in [-0.2, 0) is 11.3 Å². The molecule has 0 aliphatic rings. The van der Waals surface area contributed by atoms with Gasteiger partial charge in [0.1, 0.15) is 0 Å². The topological polar surface area (TPSA) is 80.5 Å². The van der Waals surface area contributed by atoms with Crippen molar-refractivity contribution in [1.29, 1.82) is 0 Å². The van der Waals surface area contributed by atoms with E-state index in [0.717, 1.165) is 5.56 Å². The van der Waals surface area contributed by atoms with E-state index in [4.69, 9.17) is 0 Å². The van der Waals surface area contributed by atoms with E-state index >= 15 is 0 Å². The van der Waals surface area contributed by atoms with Gasteiger partial charge < -0.3 is 4.90 Å². The number of likely N-dealkylation sites (N-methyl/N-ethyl adjacent to an activating group) is 1. The summed E-state index contributed by atoms with van der Waals surface area (Å²) in [5.74, 6) is -1.34. The van der Waals surface area contributed by atoms with Gasteiger partial charge in [-0.3, -0.25) is 19.7 Å². The smallest absolute Gasteiger partial charge is 0.294 e. The number of amides is 1. The Morgan fingerprint density at radius 3 is 2.18 bits per heavy atom. The molecule has 0 bridgehead atoms. The van der Waals surface area contributed by atoms with Crippen molar-refractivity contribution in [3.05, 3.63) is 75.8 Å². The highest BCUT2D eigenvalue weighted by Crippen LogP contribution is 2.13. The minimum absolute atomic E-state index is 0.123. The Morgan fingerprint density at radius 1 is 1.05 bits per heavy atom. The van der Waals surface area contributed by atoms with E-state index in [2.05, 4.69) is 0 Å². The lowest BCUT2D eigenvalue weighted by molar-refractivity contribution is -0.384. The van der Waals surface area contributed by atoms with Crippen molar-refractivity contribution in [1.82, 2.24) is 4.90 Å². The fourth-order valence-electron chi connectivity index (χ4n) is 1.96. The molecule has 0 aliphatic heterocycles. The van der Waals surface area contributed by atoms with Crippen molar-refractivity contribution in [3.63, 3.8) is 0 Å². The molecule has 0 atom stereocenters. The summed E-state index contributed by atoms with van der Waals surface area (Å²) >= 11 is 0. The molecule has 0 unspecified atom stereocenters. The molecule has 2 aromatic rings. The van der Waals surface area contributed by atoms with Crippen LogP contribution in [0.25, 0.3) is 0 Å². The summed E-state index contributed by atoms with van der Waals surface area (Å²) < 4.78 is 0. The molecule has 22 heavy (non-hydrogen) atoms. The van der Waals surface area contributed by atoms with Crippen LogP contribution in [0.3, 0.4) is 0 Å². The Balaban J connectivity index is 2.08. The number of non-ortho nitro benzene ring substituents is 1. The van der Waals surface area contributed by atoms with E-state index in [1.54, 1.807) is 7.05 Å². The van der Waals surface area contributed by atoms with Crippen molar-refractivity contribution < 1.29 is 14.5 Å². The van der Waals surface area contributed by atoms with E-state index < -0.39 is 16.6 Å². The number of carbonyl (C=O) groups is 2. The van der Waals surface area contributed by atoms with Crippen molar-refractivity contribution in [2.45, 2.75) is 6.54 Å². The van der Waals surface area contributed by atoms with Crippen LogP contribution < -0.4 is 0 Å². The van der Waals surface area contributed by atoms with Crippen molar-refractivity contribution in [3.8, 4) is 0 Å². The number of nitro benzene ring substituents is 1. The first kappa shape index (κ1) is 15.4. The predicted octanol–water partition coefficient (Wildman–Crippen LogP) is 2.44. The largest absolute Gasteiger partial charge is 0.335 e. The molecule has 0 aromatic heterocycles. The summed E-state index contributed by atoms with van der Waals surface area (Å²) in [7, 11) is 1.54. The Morgan fingerprint density at radius 2 is 1.64 bits per heavy atom. The lowest BCUT2D eigenvalue weighted by Crippen LogP contribution is -2.32. The summed E-state index contributed by atoms with van der Waals surface area (Å²) in [6.45, 7) is 0.318. The number of ketones is 1. The van der Waals surface area contributed by atoms with Crippen LogP contribution >= 0.6 is 0 Å². The van der Waals surface area contributed by atoms with E-state index in [9.17, 15) is 19.7 Å². The molecule has 0 heterocycles. The lowest BCUT2D eigenvalue weighted by atomic mass is 10.1. The lowest BCUT2D eigenvalue weighted by Gasteiger charge is -2.16. The molecule has 0 fully saturated rings.